The normalized spacial score (nSPS) is 12.1. The van der Waals surface area contributed by atoms with Crippen LogP contribution in [-0.2, 0) is 11.3 Å². The summed E-state index contributed by atoms with van der Waals surface area (Å²) in [6.45, 7) is 2.01. The molecule has 2 heterocycles. The quantitative estimate of drug-likeness (QED) is 0.463. The molecule has 9 nitrogen and oxygen atoms in total. The van der Waals surface area contributed by atoms with Crippen molar-refractivity contribution in [2.24, 2.45) is 0 Å². The van der Waals surface area contributed by atoms with Crippen molar-refractivity contribution < 1.29 is 9.59 Å². The maximum Gasteiger partial charge on any atom is 0.321 e. The first-order valence-electron chi connectivity index (χ1n) is 9.59. The molecule has 0 fully saturated rings. The van der Waals surface area contributed by atoms with E-state index in [9.17, 15) is 14.4 Å². The van der Waals surface area contributed by atoms with Crippen LogP contribution in [0.4, 0.5) is 4.79 Å². The van der Waals surface area contributed by atoms with Gasteiger partial charge < -0.3 is 5.32 Å². The zero-order valence-electron chi connectivity index (χ0n) is 16.9. The lowest BCUT2D eigenvalue weighted by molar-refractivity contribution is -0.119. The van der Waals surface area contributed by atoms with Crippen molar-refractivity contribution in [3.63, 3.8) is 0 Å². The molecule has 0 radical (unpaired) electrons. The summed E-state index contributed by atoms with van der Waals surface area (Å²) in [6.07, 6.45) is 0. The highest BCUT2D eigenvalue weighted by atomic mass is 32.2. The molecule has 2 aromatic carbocycles. The molecular formula is C21H20N6O3S. The SMILES string of the molecule is CNC(=O)NC(=O)C(C)Sc1nnc2n(Cc3ccccc3)c(=O)c3ccccc3n12. The molecule has 0 saturated carbocycles. The van der Waals surface area contributed by atoms with Gasteiger partial charge in [-0.2, -0.15) is 0 Å². The third kappa shape index (κ3) is 4.02. The van der Waals surface area contributed by atoms with E-state index in [1.165, 1.54) is 7.05 Å². The van der Waals surface area contributed by atoms with E-state index < -0.39 is 17.2 Å². The van der Waals surface area contributed by atoms with E-state index in [0.29, 0.717) is 28.4 Å². The predicted octanol–water partition coefficient (Wildman–Crippen LogP) is 2.03. The van der Waals surface area contributed by atoms with Crippen LogP contribution in [0.3, 0.4) is 0 Å². The lowest BCUT2D eigenvalue weighted by atomic mass is 10.2. The van der Waals surface area contributed by atoms with Crippen molar-refractivity contribution in [2.75, 3.05) is 7.05 Å². The van der Waals surface area contributed by atoms with Gasteiger partial charge in [-0.25, -0.2) is 4.79 Å². The molecule has 31 heavy (non-hydrogen) atoms. The van der Waals surface area contributed by atoms with Crippen LogP contribution in [0.15, 0.2) is 64.5 Å². The van der Waals surface area contributed by atoms with Gasteiger partial charge in [-0.05, 0) is 24.6 Å². The number of fused-ring (bicyclic) bond motifs is 3. The van der Waals surface area contributed by atoms with E-state index in [4.69, 9.17) is 0 Å². The number of nitrogens with zero attached hydrogens (tertiary/aromatic N) is 4. The van der Waals surface area contributed by atoms with Gasteiger partial charge in [-0.3, -0.25) is 23.9 Å². The largest absolute Gasteiger partial charge is 0.341 e. The van der Waals surface area contributed by atoms with Crippen LogP contribution >= 0.6 is 11.8 Å². The first-order chi connectivity index (χ1) is 15.0. The molecule has 3 amide bonds. The third-order valence-electron chi connectivity index (χ3n) is 4.78. The van der Waals surface area contributed by atoms with E-state index >= 15 is 0 Å². The summed E-state index contributed by atoms with van der Waals surface area (Å²) in [6, 6.07) is 16.3. The number of hydrogen-bond donors (Lipinski definition) is 2. The van der Waals surface area contributed by atoms with Gasteiger partial charge in [0.15, 0.2) is 5.16 Å². The predicted molar refractivity (Wildman–Crippen MR) is 118 cm³/mol. The van der Waals surface area contributed by atoms with Gasteiger partial charge in [0, 0.05) is 7.05 Å². The molecule has 10 heteroatoms. The number of thioether (sulfide) groups is 1. The van der Waals surface area contributed by atoms with Gasteiger partial charge in [0.2, 0.25) is 11.7 Å². The Morgan fingerprint density at radius 2 is 1.77 bits per heavy atom. The summed E-state index contributed by atoms with van der Waals surface area (Å²) < 4.78 is 3.35. The number of para-hydroxylation sites is 1. The number of benzene rings is 2. The first kappa shape index (κ1) is 20.6. The van der Waals surface area contributed by atoms with Gasteiger partial charge in [-0.1, -0.05) is 54.2 Å². The molecule has 1 unspecified atom stereocenters. The van der Waals surface area contributed by atoms with E-state index in [1.807, 2.05) is 42.5 Å². The van der Waals surface area contributed by atoms with E-state index in [2.05, 4.69) is 20.8 Å². The molecule has 4 rings (SSSR count). The zero-order chi connectivity index (χ0) is 22.0. The summed E-state index contributed by atoms with van der Waals surface area (Å²) in [5.41, 5.74) is 1.44. The highest BCUT2D eigenvalue weighted by Crippen LogP contribution is 2.25. The van der Waals surface area contributed by atoms with Gasteiger partial charge >= 0.3 is 6.03 Å². The summed E-state index contributed by atoms with van der Waals surface area (Å²) in [7, 11) is 1.44. The Labute approximate surface area is 181 Å². The first-order valence-corrected chi connectivity index (χ1v) is 10.5. The summed E-state index contributed by atoms with van der Waals surface area (Å²) in [4.78, 5) is 37.0. The number of urea groups is 1. The zero-order valence-corrected chi connectivity index (χ0v) is 17.7. The van der Waals surface area contributed by atoms with E-state index in [1.54, 1.807) is 28.0 Å². The fourth-order valence-electron chi connectivity index (χ4n) is 3.21. The minimum Gasteiger partial charge on any atom is -0.341 e. The number of carbonyl (C=O) groups is 2. The Bertz CT molecular complexity index is 1330. The lowest BCUT2D eigenvalue weighted by Crippen LogP contribution is -2.41. The van der Waals surface area contributed by atoms with Crippen molar-refractivity contribution in [1.29, 1.82) is 0 Å². The van der Waals surface area contributed by atoms with Crippen LogP contribution in [0.1, 0.15) is 12.5 Å². The molecule has 0 aliphatic rings. The average Bonchev–Trinajstić information content (AvgIpc) is 3.20. The highest BCUT2D eigenvalue weighted by Gasteiger charge is 2.22. The second kappa shape index (κ2) is 8.60. The molecule has 4 aromatic rings. The molecule has 158 valence electrons. The Morgan fingerprint density at radius 1 is 1.06 bits per heavy atom. The molecule has 0 saturated heterocycles. The average molecular weight is 436 g/mol. The number of nitrogens with one attached hydrogen (secondary N) is 2. The second-order valence-electron chi connectivity index (χ2n) is 6.84. The number of aromatic nitrogens is 4. The minimum absolute atomic E-state index is 0.165. The Kier molecular flexibility index (Phi) is 5.72. The Morgan fingerprint density at radius 3 is 2.52 bits per heavy atom. The third-order valence-corrected chi connectivity index (χ3v) is 5.82. The molecule has 1 atom stereocenters. The van der Waals surface area contributed by atoms with E-state index in [0.717, 1.165) is 17.3 Å². The fourth-order valence-corrected chi connectivity index (χ4v) is 4.06. The van der Waals surface area contributed by atoms with Crippen LogP contribution in [0.25, 0.3) is 16.7 Å². The Balaban J connectivity index is 1.81. The topological polar surface area (TPSA) is 110 Å². The fraction of sp³-hybridized carbons (Fsp3) is 0.190. The van der Waals surface area contributed by atoms with Crippen molar-refractivity contribution in [3.8, 4) is 0 Å². The molecule has 2 aromatic heterocycles. The summed E-state index contributed by atoms with van der Waals surface area (Å²) in [5, 5.41) is 13.5. The molecular weight excluding hydrogens is 416 g/mol. The summed E-state index contributed by atoms with van der Waals surface area (Å²) >= 11 is 1.16. The van der Waals surface area contributed by atoms with Crippen molar-refractivity contribution in [2.45, 2.75) is 23.9 Å². The van der Waals surface area contributed by atoms with Crippen LogP contribution < -0.4 is 16.2 Å². The molecule has 0 aliphatic heterocycles. The molecule has 2 N–H and O–H groups in total. The van der Waals surface area contributed by atoms with Crippen LogP contribution in [0.2, 0.25) is 0 Å². The smallest absolute Gasteiger partial charge is 0.321 e. The number of imide groups is 1. The second-order valence-corrected chi connectivity index (χ2v) is 8.15. The molecule has 0 spiro atoms. The summed E-state index contributed by atoms with van der Waals surface area (Å²) in [5.74, 6) is -0.0722. The van der Waals surface area contributed by atoms with Crippen molar-refractivity contribution >= 4 is 40.4 Å². The van der Waals surface area contributed by atoms with Gasteiger partial charge in [-0.15, -0.1) is 10.2 Å². The van der Waals surface area contributed by atoms with Crippen molar-refractivity contribution in [3.05, 3.63) is 70.5 Å². The van der Waals surface area contributed by atoms with Crippen molar-refractivity contribution in [1.82, 2.24) is 29.8 Å². The number of carbonyl (C=O) groups excluding carboxylic acids is 2. The van der Waals surface area contributed by atoms with Crippen LogP contribution in [-0.4, -0.2) is 43.4 Å². The highest BCUT2D eigenvalue weighted by molar-refractivity contribution is 8.00. The molecule has 0 bridgehead atoms. The monoisotopic (exact) mass is 436 g/mol. The van der Waals surface area contributed by atoms with Gasteiger partial charge in [0.25, 0.3) is 5.56 Å². The van der Waals surface area contributed by atoms with Gasteiger partial charge in [0.05, 0.1) is 22.7 Å². The maximum absolute atomic E-state index is 13.2. The number of amides is 3. The maximum atomic E-state index is 13.2. The number of rotatable bonds is 5. The van der Waals surface area contributed by atoms with Crippen LogP contribution in [0, 0.1) is 0 Å². The van der Waals surface area contributed by atoms with Gasteiger partial charge in [0.1, 0.15) is 0 Å². The molecule has 0 aliphatic carbocycles. The number of hydrogen-bond acceptors (Lipinski definition) is 6. The standard InChI is InChI=1S/C21H20N6O3S/c1-13(17(28)23-19(30)22-2)31-21-25-24-20-26(12-14-8-4-3-5-9-14)18(29)15-10-6-7-11-16(15)27(20)21/h3-11,13H,12H2,1-2H3,(H2,22,23,28,30). The van der Waals surface area contributed by atoms with E-state index in [-0.39, 0.29) is 5.56 Å². The lowest BCUT2D eigenvalue weighted by Gasteiger charge is -2.13. The minimum atomic E-state index is -0.613. The Hall–Kier alpha value is -3.66. The van der Waals surface area contributed by atoms with Crippen LogP contribution in [0.5, 0.6) is 0 Å².